The summed E-state index contributed by atoms with van der Waals surface area (Å²) in [5.41, 5.74) is 0.842. The Morgan fingerprint density at radius 2 is 2.00 bits per heavy atom. The van der Waals surface area contributed by atoms with Crippen molar-refractivity contribution in [2.24, 2.45) is 4.99 Å². The lowest BCUT2D eigenvalue weighted by Crippen LogP contribution is -2.37. The molecule has 5 heteroatoms. The van der Waals surface area contributed by atoms with Crippen molar-refractivity contribution in [3.05, 3.63) is 62.3 Å². The van der Waals surface area contributed by atoms with Crippen molar-refractivity contribution < 1.29 is 4.39 Å². The number of hydrogen-bond donors (Lipinski definition) is 0. The van der Waals surface area contributed by atoms with E-state index in [1.165, 1.54) is 6.07 Å². The normalized spacial score (nSPS) is 13.5. The molecule has 0 atom stereocenters. The first kappa shape index (κ1) is 12.6. The first-order valence-electron chi connectivity index (χ1n) is 5.68. The summed E-state index contributed by atoms with van der Waals surface area (Å²) in [5.74, 6) is -0.297. The zero-order valence-corrected chi connectivity index (χ0v) is 12.1. The Labute approximate surface area is 123 Å². The third kappa shape index (κ3) is 2.26. The second-order valence-corrected chi connectivity index (χ2v) is 5.38. The van der Waals surface area contributed by atoms with Crippen LogP contribution in [0.1, 0.15) is 0 Å². The summed E-state index contributed by atoms with van der Waals surface area (Å²) in [6, 6.07) is 10.6. The Bertz CT molecular complexity index is 761. The number of halogens is 3. The lowest BCUT2D eigenvalue weighted by Gasteiger charge is -2.22. The molecule has 2 aromatic rings. The van der Waals surface area contributed by atoms with Crippen LogP contribution >= 0.6 is 27.5 Å². The van der Waals surface area contributed by atoms with Gasteiger partial charge in [-0.05, 0) is 34.1 Å². The van der Waals surface area contributed by atoms with Gasteiger partial charge < -0.3 is 4.90 Å². The van der Waals surface area contributed by atoms with Crippen LogP contribution in [-0.4, -0.2) is 6.67 Å². The monoisotopic (exact) mass is 338 g/mol. The third-order valence-corrected chi connectivity index (χ3v) is 4.22. The Balaban J connectivity index is 2.13. The molecule has 0 saturated carbocycles. The standard InChI is InChI=1S/C14H9BrClFN2/c15-10-4-2-6-12(13(10)16)19-7-9-3-1-5-11(17)14(9)18-8-19/h1-7H,8H2. The fourth-order valence-corrected chi connectivity index (χ4v) is 2.61. The highest BCUT2D eigenvalue weighted by Gasteiger charge is 2.13. The molecule has 1 aliphatic heterocycles. The molecule has 0 amide bonds. The predicted octanol–water partition coefficient (Wildman–Crippen LogP) is 3.08. The number of benzene rings is 2. The highest BCUT2D eigenvalue weighted by Crippen LogP contribution is 2.32. The van der Waals surface area contributed by atoms with Crippen LogP contribution in [0.25, 0.3) is 6.20 Å². The van der Waals surface area contributed by atoms with Crippen molar-refractivity contribution in [2.75, 3.05) is 11.6 Å². The maximum atomic E-state index is 13.6. The Morgan fingerprint density at radius 3 is 2.84 bits per heavy atom. The molecular weight excluding hydrogens is 331 g/mol. The van der Waals surface area contributed by atoms with Crippen molar-refractivity contribution >= 4 is 39.4 Å². The van der Waals surface area contributed by atoms with E-state index in [0.717, 1.165) is 15.4 Å². The van der Waals surface area contributed by atoms with E-state index in [2.05, 4.69) is 20.9 Å². The molecule has 96 valence electrons. The maximum Gasteiger partial charge on any atom is 0.149 e. The van der Waals surface area contributed by atoms with Crippen LogP contribution in [0.15, 0.2) is 45.9 Å². The number of rotatable bonds is 1. The maximum absolute atomic E-state index is 13.6. The summed E-state index contributed by atoms with van der Waals surface area (Å²) in [6.07, 6.45) is 1.86. The van der Waals surface area contributed by atoms with Gasteiger partial charge in [0.05, 0.1) is 10.7 Å². The van der Waals surface area contributed by atoms with Gasteiger partial charge in [0.1, 0.15) is 17.8 Å². The van der Waals surface area contributed by atoms with Crippen LogP contribution in [-0.2, 0) is 0 Å². The SMILES string of the molecule is Fc1cccc2c1=NCN(c1cccc(Br)c1Cl)C=2. The Hall–Kier alpha value is -1.39. The summed E-state index contributed by atoms with van der Waals surface area (Å²) >= 11 is 9.65. The second-order valence-electron chi connectivity index (χ2n) is 4.15. The second kappa shape index (κ2) is 4.94. The molecule has 1 heterocycles. The zero-order chi connectivity index (χ0) is 13.4. The molecule has 19 heavy (non-hydrogen) atoms. The van der Waals surface area contributed by atoms with Crippen molar-refractivity contribution in [1.29, 1.82) is 0 Å². The molecule has 0 unspecified atom stereocenters. The van der Waals surface area contributed by atoms with E-state index in [0.29, 0.717) is 17.0 Å². The average molecular weight is 340 g/mol. The van der Waals surface area contributed by atoms with Crippen LogP contribution in [0.5, 0.6) is 0 Å². The van der Waals surface area contributed by atoms with E-state index < -0.39 is 0 Å². The van der Waals surface area contributed by atoms with E-state index >= 15 is 0 Å². The largest absolute Gasteiger partial charge is 0.326 e. The van der Waals surface area contributed by atoms with Crippen molar-refractivity contribution in [3.8, 4) is 0 Å². The topological polar surface area (TPSA) is 15.6 Å². The van der Waals surface area contributed by atoms with Crippen LogP contribution in [0, 0.1) is 5.82 Å². The van der Waals surface area contributed by atoms with E-state index in [-0.39, 0.29) is 5.82 Å². The van der Waals surface area contributed by atoms with Crippen LogP contribution in [0.3, 0.4) is 0 Å². The molecule has 0 radical (unpaired) electrons. The summed E-state index contributed by atoms with van der Waals surface area (Å²) < 4.78 is 14.4. The van der Waals surface area contributed by atoms with E-state index in [4.69, 9.17) is 11.6 Å². The number of nitrogens with zero attached hydrogens (tertiary/aromatic N) is 2. The minimum atomic E-state index is -0.297. The Kier molecular flexibility index (Phi) is 3.29. The van der Waals surface area contributed by atoms with Gasteiger partial charge in [0.15, 0.2) is 0 Å². The van der Waals surface area contributed by atoms with Crippen molar-refractivity contribution in [2.45, 2.75) is 0 Å². The van der Waals surface area contributed by atoms with Gasteiger partial charge in [0, 0.05) is 15.9 Å². The van der Waals surface area contributed by atoms with Gasteiger partial charge in [-0.25, -0.2) is 4.39 Å². The lowest BCUT2D eigenvalue weighted by atomic mass is 10.2. The third-order valence-electron chi connectivity index (χ3n) is 2.93. The fraction of sp³-hybridized carbons (Fsp3) is 0.0714. The van der Waals surface area contributed by atoms with Gasteiger partial charge in [0.25, 0.3) is 0 Å². The highest BCUT2D eigenvalue weighted by atomic mass is 79.9. The minimum absolute atomic E-state index is 0.297. The number of para-hydroxylation sites is 1. The molecule has 0 saturated heterocycles. The summed E-state index contributed by atoms with van der Waals surface area (Å²) in [6.45, 7) is 0.351. The molecule has 0 aromatic heterocycles. The molecule has 0 aliphatic carbocycles. The molecule has 0 bridgehead atoms. The first-order valence-corrected chi connectivity index (χ1v) is 6.85. The quantitative estimate of drug-likeness (QED) is 0.779. The van der Waals surface area contributed by atoms with Crippen LogP contribution < -0.4 is 15.5 Å². The van der Waals surface area contributed by atoms with Crippen molar-refractivity contribution in [1.82, 2.24) is 0 Å². The van der Waals surface area contributed by atoms with Gasteiger partial charge in [-0.2, -0.15) is 0 Å². The fourth-order valence-electron chi connectivity index (χ4n) is 2.02. The minimum Gasteiger partial charge on any atom is -0.326 e. The lowest BCUT2D eigenvalue weighted by molar-refractivity contribution is 0.606. The molecule has 3 rings (SSSR count). The summed E-state index contributed by atoms with van der Waals surface area (Å²) in [5, 5.41) is 1.78. The number of hydrogen-bond acceptors (Lipinski definition) is 2. The van der Waals surface area contributed by atoms with Gasteiger partial charge in [-0.1, -0.05) is 29.8 Å². The molecule has 0 N–H and O–H groups in total. The predicted molar refractivity (Wildman–Crippen MR) is 78.1 cm³/mol. The molecule has 1 aliphatic rings. The van der Waals surface area contributed by atoms with E-state index in [1.54, 1.807) is 6.07 Å². The number of anilines is 1. The van der Waals surface area contributed by atoms with Crippen LogP contribution in [0.4, 0.5) is 10.1 Å². The summed E-state index contributed by atoms with van der Waals surface area (Å²) in [7, 11) is 0. The van der Waals surface area contributed by atoms with Gasteiger partial charge in [-0.3, -0.25) is 4.99 Å². The highest BCUT2D eigenvalue weighted by molar-refractivity contribution is 9.10. The molecule has 2 aromatic carbocycles. The van der Waals surface area contributed by atoms with Crippen LogP contribution in [0.2, 0.25) is 5.02 Å². The van der Waals surface area contributed by atoms with Gasteiger partial charge in [0.2, 0.25) is 0 Å². The van der Waals surface area contributed by atoms with E-state index in [1.807, 2.05) is 35.4 Å². The molecule has 0 spiro atoms. The average Bonchev–Trinajstić information content (AvgIpc) is 2.42. The first-order chi connectivity index (χ1) is 9.16. The van der Waals surface area contributed by atoms with Gasteiger partial charge in [-0.15, -0.1) is 0 Å². The zero-order valence-electron chi connectivity index (χ0n) is 9.78. The summed E-state index contributed by atoms with van der Waals surface area (Å²) in [4.78, 5) is 6.16. The van der Waals surface area contributed by atoms with E-state index in [9.17, 15) is 4.39 Å². The Morgan fingerprint density at radius 1 is 1.21 bits per heavy atom. The van der Waals surface area contributed by atoms with Crippen molar-refractivity contribution in [3.63, 3.8) is 0 Å². The van der Waals surface area contributed by atoms with Gasteiger partial charge >= 0.3 is 0 Å². The molecule has 0 fully saturated rings. The smallest absolute Gasteiger partial charge is 0.149 e. The number of fused-ring (bicyclic) bond motifs is 1. The molecular formula is C14H9BrClFN2. The molecule has 2 nitrogen and oxygen atoms in total.